The predicted molar refractivity (Wildman–Crippen MR) is 142 cm³/mol. The van der Waals surface area contributed by atoms with Gasteiger partial charge in [-0.3, -0.25) is 14.5 Å². The molecule has 0 bridgehead atoms. The molecule has 0 aromatic heterocycles. The minimum atomic E-state index is -0.873. The van der Waals surface area contributed by atoms with Crippen molar-refractivity contribution in [1.29, 1.82) is 0 Å². The number of carbonyl (C=O) groups excluding carboxylic acids is 1. The van der Waals surface area contributed by atoms with Gasteiger partial charge in [0, 0.05) is 38.1 Å². The molecule has 1 aromatic rings. The number of hydrogen-bond acceptors (Lipinski definition) is 7. The van der Waals surface area contributed by atoms with Gasteiger partial charge in [-0.15, -0.1) is 0 Å². The van der Waals surface area contributed by atoms with Crippen molar-refractivity contribution in [2.24, 2.45) is 17.1 Å². The third-order valence-electron chi connectivity index (χ3n) is 7.37. The van der Waals surface area contributed by atoms with Gasteiger partial charge in [-0.1, -0.05) is 39.3 Å². The number of likely N-dealkylation sites (tertiary alicyclic amines) is 1. The lowest BCUT2D eigenvalue weighted by Gasteiger charge is -2.34. The number of aliphatic carboxylic acids is 1. The summed E-state index contributed by atoms with van der Waals surface area (Å²) in [6.45, 7) is 10.5. The average Bonchev–Trinajstić information content (AvgIpc) is 3.45. The molecule has 0 radical (unpaired) electrons. The molecule has 206 valence electrons. The van der Waals surface area contributed by atoms with Crippen LogP contribution in [0.15, 0.2) is 24.3 Å². The molecule has 9 nitrogen and oxygen atoms in total. The Bertz CT molecular complexity index is 979. The van der Waals surface area contributed by atoms with Crippen molar-refractivity contribution in [2.45, 2.75) is 58.9 Å². The van der Waals surface area contributed by atoms with Gasteiger partial charge >= 0.3 is 5.97 Å². The standard InChI is InChI=1S/C28H43N3O6/c1-6-8-11-30(12-10-29)24(32)17-31-16-20(19-13-22(35-5)26-23(14-19)36-18-37-26)25(27(33)34)21(31)15-28(3,4)9-7-2/h7,9,13-14,20-21,25H,6,8,10-12,15-18,29H2,1-5H3,(H,33,34)/b9-7+. The number of carboxylic acid groups (broad SMARTS) is 1. The number of carbonyl (C=O) groups is 2. The number of nitrogens with zero attached hydrogens (tertiary/aromatic N) is 2. The van der Waals surface area contributed by atoms with Gasteiger partial charge in [0.25, 0.3) is 0 Å². The first-order valence-electron chi connectivity index (χ1n) is 13.2. The van der Waals surface area contributed by atoms with Crippen molar-refractivity contribution in [2.75, 3.05) is 46.6 Å². The highest BCUT2D eigenvalue weighted by Crippen LogP contribution is 2.48. The van der Waals surface area contributed by atoms with Gasteiger partial charge in [0.05, 0.1) is 19.6 Å². The third-order valence-corrected chi connectivity index (χ3v) is 7.37. The normalized spacial score (nSPS) is 21.5. The van der Waals surface area contributed by atoms with E-state index in [0.717, 1.165) is 18.4 Å². The van der Waals surface area contributed by atoms with Crippen LogP contribution in [-0.2, 0) is 9.59 Å². The lowest BCUT2D eigenvalue weighted by atomic mass is 9.77. The number of amides is 1. The van der Waals surface area contributed by atoms with Gasteiger partial charge in [-0.25, -0.2) is 0 Å². The number of ether oxygens (including phenoxy) is 3. The lowest BCUT2D eigenvalue weighted by Crippen LogP contribution is -2.46. The molecule has 2 aliphatic rings. The molecule has 1 fully saturated rings. The molecule has 3 unspecified atom stereocenters. The number of carboxylic acids is 1. The van der Waals surface area contributed by atoms with Gasteiger partial charge in [0.1, 0.15) is 0 Å². The number of benzene rings is 1. The van der Waals surface area contributed by atoms with E-state index in [1.54, 1.807) is 7.11 Å². The monoisotopic (exact) mass is 517 g/mol. The van der Waals surface area contributed by atoms with Crippen LogP contribution in [0.5, 0.6) is 17.2 Å². The second kappa shape index (κ2) is 12.6. The molecule has 0 saturated carbocycles. The zero-order valence-corrected chi connectivity index (χ0v) is 22.9. The minimum Gasteiger partial charge on any atom is -0.493 e. The number of methoxy groups -OCH3 is 1. The Morgan fingerprint density at radius 2 is 2.05 bits per heavy atom. The predicted octanol–water partition coefficient (Wildman–Crippen LogP) is 3.47. The van der Waals surface area contributed by atoms with Crippen molar-refractivity contribution in [3.8, 4) is 17.2 Å². The molecule has 3 rings (SSSR count). The topological polar surface area (TPSA) is 115 Å². The van der Waals surface area contributed by atoms with E-state index in [0.29, 0.717) is 49.8 Å². The van der Waals surface area contributed by atoms with Gasteiger partial charge in [-0.2, -0.15) is 0 Å². The molecule has 2 heterocycles. The molecule has 1 saturated heterocycles. The molecule has 0 spiro atoms. The van der Waals surface area contributed by atoms with Gasteiger partial charge in [-0.05, 0) is 42.9 Å². The molecule has 37 heavy (non-hydrogen) atoms. The molecular weight excluding hydrogens is 474 g/mol. The van der Waals surface area contributed by atoms with Crippen molar-refractivity contribution < 1.29 is 28.9 Å². The molecule has 3 N–H and O–H groups in total. The third kappa shape index (κ3) is 6.76. The summed E-state index contributed by atoms with van der Waals surface area (Å²) in [4.78, 5) is 30.1. The van der Waals surface area contributed by atoms with E-state index >= 15 is 0 Å². The van der Waals surface area contributed by atoms with Crippen LogP contribution in [0.25, 0.3) is 0 Å². The van der Waals surface area contributed by atoms with E-state index in [2.05, 4.69) is 31.7 Å². The van der Waals surface area contributed by atoms with Crippen LogP contribution < -0.4 is 19.9 Å². The van der Waals surface area contributed by atoms with E-state index in [-0.39, 0.29) is 36.6 Å². The highest BCUT2D eigenvalue weighted by Gasteiger charge is 2.49. The van der Waals surface area contributed by atoms with Gasteiger partial charge in [0.2, 0.25) is 18.4 Å². The second-order valence-electron chi connectivity index (χ2n) is 10.6. The van der Waals surface area contributed by atoms with Crippen LogP contribution in [-0.4, -0.2) is 79.5 Å². The molecule has 3 atom stereocenters. The summed E-state index contributed by atoms with van der Waals surface area (Å²) < 4.78 is 16.7. The van der Waals surface area contributed by atoms with E-state index in [1.165, 1.54) is 0 Å². The largest absolute Gasteiger partial charge is 0.493 e. The fourth-order valence-corrected chi connectivity index (χ4v) is 5.65. The van der Waals surface area contributed by atoms with Crippen molar-refractivity contribution in [3.63, 3.8) is 0 Å². The van der Waals surface area contributed by atoms with Crippen LogP contribution in [0.2, 0.25) is 0 Å². The SMILES string of the molecule is C/C=C/C(C)(C)CC1C(C(=O)O)C(c2cc(OC)c3c(c2)OCO3)CN1CC(=O)N(CCN)CCCC. The maximum Gasteiger partial charge on any atom is 0.308 e. The maximum absolute atomic E-state index is 13.4. The number of allylic oxidation sites excluding steroid dienone is 2. The van der Waals surface area contributed by atoms with E-state index in [4.69, 9.17) is 19.9 Å². The van der Waals surface area contributed by atoms with Crippen LogP contribution in [0, 0.1) is 11.3 Å². The number of nitrogens with two attached hydrogens (primary N) is 1. The maximum atomic E-state index is 13.4. The lowest BCUT2D eigenvalue weighted by molar-refractivity contribution is -0.144. The summed E-state index contributed by atoms with van der Waals surface area (Å²) in [6.07, 6.45) is 6.58. The summed E-state index contributed by atoms with van der Waals surface area (Å²) >= 11 is 0. The molecule has 9 heteroatoms. The Kier molecular flexibility index (Phi) is 9.84. The molecule has 0 aliphatic carbocycles. The van der Waals surface area contributed by atoms with Gasteiger partial charge < -0.3 is 30.0 Å². The summed E-state index contributed by atoms with van der Waals surface area (Å²) in [7, 11) is 1.56. The van der Waals surface area contributed by atoms with Crippen molar-refractivity contribution >= 4 is 11.9 Å². The summed E-state index contributed by atoms with van der Waals surface area (Å²) in [5, 5.41) is 10.5. The van der Waals surface area contributed by atoms with Crippen molar-refractivity contribution in [1.82, 2.24) is 9.80 Å². The first-order valence-corrected chi connectivity index (χ1v) is 13.2. The second-order valence-corrected chi connectivity index (χ2v) is 10.6. The highest BCUT2D eigenvalue weighted by atomic mass is 16.7. The Balaban J connectivity index is 1.98. The molecular formula is C28H43N3O6. The number of hydrogen-bond donors (Lipinski definition) is 2. The number of unbranched alkanes of at least 4 members (excludes halogenated alkanes) is 1. The Hall–Kier alpha value is -2.78. The van der Waals surface area contributed by atoms with Crippen LogP contribution in [0.1, 0.15) is 58.4 Å². The van der Waals surface area contributed by atoms with E-state index < -0.39 is 11.9 Å². The minimum absolute atomic E-state index is 0.0132. The Morgan fingerprint density at radius 1 is 1.30 bits per heavy atom. The number of rotatable bonds is 13. The first kappa shape index (κ1) is 28.8. The molecule has 1 aromatic carbocycles. The van der Waals surface area contributed by atoms with E-state index in [9.17, 15) is 14.7 Å². The quantitative estimate of drug-likeness (QED) is 0.382. The Labute approximate surface area is 220 Å². The zero-order chi connectivity index (χ0) is 27.2. The fourth-order valence-electron chi connectivity index (χ4n) is 5.65. The van der Waals surface area contributed by atoms with E-state index in [1.807, 2.05) is 30.0 Å². The fraction of sp³-hybridized carbons (Fsp3) is 0.643. The summed E-state index contributed by atoms with van der Waals surface area (Å²) in [6, 6.07) is 3.36. The zero-order valence-electron chi connectivity index (χ0n) is 22.9. The highest BCUT2D eigenvalue weighted by molar-refractivity contribution is 5.79. The summed E-state index contributed by atoms with van der Waals surface area (Å²) in [5.41, 5.74) is 6.36. The Morgan fingerprint density at radius 3 is 2.68 bits per heavy atom. The number of fused-ring (bicyclic) bond motifs is 1. The smallest absolute Gasteiger partial charge is 0.308 e. The molecule has 1 amide bonds. The van der Waals surface area contributed by atoms with Crippen LogP contribution in [0.3, 0.4) is 0 Å². The van der Waals surface area contributed by atoms with Crippen LogP contribution in [0.4, 0.5) is 0 Å². The first-order chi connectivity index (χ1) is 17.6. The van der Waals surface area contributed by atoms with Crippen molar-refractivity contribution in [3.05, 3.63) is 29.8 Å². The van der Waals surface area contributed by atoms with Crippen LogP contribution >= 0.6 is 0 Å². The van der Waals surface area contributed by atoms with Gasteiger partial charge in [0.15, 0.2) is 11.5 Å². The molecule has 2 aliphatic heterocycles. The summed E-state index contributed by atoms with van der Waals surface area (Å²) in [5.74, 6) is -0.346. The average molecular weight is 518 g/mol.